The summed E-state index contributed by atoms with van der Waals surface area (Å²) >= 11 is 0. The molecule has 1 aromatic carbocycles. The van der Waals surface area contributed by atoms with Crippen molar-refractivity contribution in [2.75, 3.05) is 14.1 Å². The average molecular weight is 316 g/mol. The lowest BCUT2D eigenvalue weighted by Gasteiger charge is -2.20. The second-order valence-corrected chi connectivity index (χ2v) is 7.68. The van der Waals surface area contributed by atoms with Gasteiger partial charge >= 0.3 is 0 Å². The fourth-order valence-corrected chi connectivity index (χ4v) is 2.49. The van der Waals surface area contributed by atoms with Crippen molar-refractivity contribution in [3.63, 3.8) is 0 Å². The van der Waals surface area contributed by atoms with Gasteiger partial charge in [-0.3, -0.25) is 4.79 Å². The summed E-state index contributed by atoms with van der Waals surface area (Å²) in [5, 5.41) is 2.54. The normalized spacial score (nSPS) is 14.0. The van der Waals surface area contributed by atoms with E-state index in [9.17, 15) is 17.6 Å². The number of carbonyl (C=O) groups is 1. The molecule has 21 heavy (non-hydrogen) atoms. The van der Waals surface area contributed by atoms with Gasteiger partial charge in [0.1, 0.15) is 0 Å². The van der Waals surface area contributed by atoms with E-state index in [1.54, 1.807) is 19.1 Å². The predicted octanol–water partition coefficient (Wildman–Crippen LogP) is 1.86. The van der Waals surface area contributed by atoms with E-state index in [-0.39, 0.29) is 4.90 Å². The molecule has 1 aromatic rings. The Labute approximate surface area is 125 Å². The molecule has 1 amide bonds. The molecule has 0 fully saturated rings. The number of carbonyl (C=O) groups excluding carboxylic acids is 1. The zero-order valence-electron chi connectivity index (χ0n) is 12.8. The molecule has 7 heteroatoms. The molecule has 0 radical (unpaired) electrons. The smallest absolute Gasteiger partial charge is 0.257 e. The third kappa shape index (κ3) is 4.25. The molecule has 0 aliphatic heterocycles. The number of nitrogens with one attached hydrogen (secondary N) is 1. The molecule has 0 bridgehead atoms. The minimum atomic E-state index is -3.48. The Bertz CT molecular complexity index is 604. The molecular formula is C14H21FN2O3S. The van der Waals surface area contributed by atoms with Crippen LogP contribution >= 0.6 is 0 Å². The third-order valence-corrected chi connectivity index (χ3v) is 4.88. The number of amides is 1. The zero-order chi connectivity index (χ0) is 16.4. The van der Waals surface area contributed by atoms with Gasteiger partial charge in [0.25, 0.3) is 5.91 Å². The van der Waals surface area contributed by atoms with Crippen molar-refractivity contribution < 1.29 is 17.6 Å². The van der Waals surface area contributed by atoms with Gasteiger partial charge in [-0.1, -0.05) is 12.1 Å². The molecule has 0 spiro atoms. The Hall–Kier alpha value is -1.47. The van der Waals surface area contributed by atoms with Gasteiger partial charge in [0.15, 0.2) is 5.67 Å². The van der Waals surface area contributed by atoms with Gasteiger partial charge in [-0.05, 0) is 38.5 Å². The van der Waals surface area contributed by atoms with Crippen LogP contribution in [0.1, 0.15) is 32.4 Å². The van der Waals surface area contributed by atoms with Crippen molar-refractivity contribution in [1.82, 2.24) is 9.62 Å². The fraction of sp³-hybridized carbons (Fsp3) is 0.500. The van der Waals surface area contributed by atoms with E-state index in [0.29, 0.717) is 5.56 Å². The molecule has 1 atom stereocenters. The number of sulfonamides is 1. The molecule has 0 saturated carbocycles. The Kier molecular flexibility index (Phi) is 5.11. The summed E-state index contributed by atoms with van der Waals surface area (Å²) in [4.78, 5) is 11.7. The first kappa shape index (κ1) is 17.6. The van der Waals surface area contributed by atoms with E-state index in [1.807, 2.05) is 0 Å². The van der Waals surface area contributed by atoms with Crippen LogP contribution in [0.4, 0.5) is 4.39 Å². The minimum absolute atomic E-state index is 0.167. The van der Waals surface area contributed by atoms with E-state index in [0.717, 1.165) is 4.31 Å². The van der Waals surface area contributed by atoms with Crippen molar-refractivity contribution in [3.05, 3.63) is 29.8 Å². The van der Waals surface area contributed by atoms with Gasteiger partial charge in [0.05, 0.1) is 10.9 Å². The maximum absolute atomic E-state index is 13.5. The SMILES string of the molecule is CC(NC(=O)C(C)(C)F)c1ccc(S(=O)(=O)N(C)C)cc1. The average Bonchev–Trinajstić information content (AvgIpc) is 2.37. The summed E-state index contributed by atoms with van der Waals surface area (Å²) in [5.74, 6) is -0.708. The molecule has 0 aliphatic carbocycles. The number of alkyl halides is 1. The second-order valence-electron chi connectivity index (χ2n) is 5.52. The largest absolute Gasteiger partial charge is 0.347 e. The molecule has 0 aromatic heterocycles. The highest BCUT2D eigenvalue weighted by atomic mass is 32.2. The van der Waals surface area contributed by atoms with Crippen molar-refractivity contribution in [1.29, 1.82) is 0 Å². The third-order valence-electron chi connectivity index (χ3n) is 3.05. The highest BCUT2D eigenvalue weighted by Gasteiger charge is 2.27. The Balaban J connectivity index is 2.91. The summed E-state index contributed by atoms with van der Waals surface area (Å²) in [5.41, 5.74) is -1.26. The van der Waals surface area contributed by atoms with Crippen LogP contribution in [-0.2, 0) is 14.8 Å². The van der Waals surface area contributed by atoms with Crippen molar-refractivity contribution in [2.45, 2.75) is 37.4 Å². The minimum Gasteiger partial charge on any atom is -0.347 e. The van der Waals surface area contributed by atoms with Crippen LogP contribution in [0.25, 0.3) is 0 Å². The van der Waals surface area contributed by atoms with Crippen molar-refractivity contribution in [3.8, 4) is 0 Å². The molecule has 0 saturated heterocycles. The number of benzene rings is 1. The summed E-state index contributed by atoms with van der Waals surface area (Å²) in [6.45, 7) is 4.07. The molecule has 118 valence electrons. The Morgan fingerprint density at radius 2 is 1.71 bits per heavy atom. The highest BCUT2D eigenvalue weighted by Crippen LogP contribution is 2.19. The Morgan fingerprint density at radius 1 is 1.24 bits per heavy atom. The van der Waals surface area contributed by atoms with Crippen LogP contribution < -0.4 is 5.32 Å². The molecule has 0 heterocycles. The quantitative estimate of drug-likeness (QED) is 0.901. The lowest BCUT2D eigenvalue weighted by atomic mass is 10.1. The number of rotatable bonds is 5. The fourth-order valence-electron chi connectivity index (χ4n) is 1.59. The van der Waals surface area contributed by atoms with Gasteiger partial charge in [0.2, 0.25) is 10.0 Å². The number of halogens is 1. The molecule has 1 rings (SSSR count). The topological polar surface area (TPSA) is 66.5 Å². The molecular weight excluding hydrogens is 295 g/mol. The first-order valence-electron chi connectivity index (χ1n) is 6.48. The van der Waals surface area contributed by atoms with Gasteiger partial charge < -0.3 is 5.32 Å². The molecule has 0 aliphatic rings. The van der Waals surface area contributed by atoms with Crippen LogP contribution in [0.2, 0.25) is 0 Å². The zero-order valence-corrected chi connectivity index (χ0v) is 13.7. The van der Waals surface area contributed by atoms with Crippen LogP contribution in [0, 0.1) is 0 Å². The summed E-state index contributed by atoms with van der Waals surface area (Å²) < 4.78 is 38.5. The Morgan fingerprint density at radius 3 is 2.10 bits per heavy atom. The molecule has 1 unspecified atom stereocenters. The number of hydrogen-bond acceptors (Lipinski definition) is 3. The van der Waals surface area contributed by atoms with E-state index >= 15 is 0 Å². The van der Waals surface area contributed by atoms with Crippen molar-refractivity contribution >= 4 is 15.9 Å². The maximum Gasteiger partial charge on any atom is 0.257 e. The predicted molar refractivity (Wildman–Crippen MR) is 79.1 cm³/mol. The lowest BCUT2D eigenvalue weighted by Crippen LogP contribution is -2.40. The number of nitrogens with zero attached hydrogens (tertiary/aromatic N) is 1. The maximum atomic E-state index is 13.5. The first-order valence-corrected chi connectivity index (χ1v) is 7.92. The van der Waals surface area contributed by atoms with Crippen LogP contribution in [0.5, 0.6) is 0 Å². The summed E-state index contributed by atoms with van der Waals surface area (Å²) in [7, 11) is -0.572. The lowest BCUT2D eigenvalue weighted by molar-refractivity contribution is -0.131. The van der Waals surface area contributed by atoms with Crippen molar-refractivity contribution in [2.24, 2.45) is 0 Å². The molecule has 5 nitrogen and oxygen atoms in total. The standard InChI is InChI=1S/C14H21FN2O3S/c1-10(16-13(18)14(2,3)15)11-6-8-12(9-7-11)21(19,20)17(4)5/h6-10H,1-5H3,(H,16,18). The second kappa shape index (κ2) is 6.11. The van der Waals surface area contributed by atoms with Crippen LogP contribution in [-0.4, -0.2) is 38.4 Å². The summed E-state index contributed by atoms with van der Waals surface area (Å²) in [6.07, 6.45) is 0. The van der Waals surface area contributed by atoms with Gasteiger partial charge in [-0.15, -0.1) is 0 Å². The van der Waals surface area contributed by atoms with E-state index in [4.69, 9.17) is 0 Å². The van der Waals surface area contributed by atoms with E-state index < -0.39 is 27.6 Å². The first-order chi connectivity index (χ1) is 9.46. The highest BCUT2D eigenvalue weighted by molar-refractivity contribution is 7.89. The van der Waals surface area contributed by atoms with E-state index in [1.165, 1.54) is 40.1 Å². The van der Waals surface area contributed by atoms with E-state index in [2.05, 4.69) is 5.32 Å². The van der Waals surface area contributed by atoms with Gasteiger partial charge in [0, 0.05) is 14.1 Å². The molecule has 1 N–H and O–H groups in total. The van der Waals surface area contributed by atoms with Crippen LogP contribution in [0.15, 0.2) is 29.2 Å². The number of hydrogen-bond donors (Lipinski definition) is 1. The van der Waals surface area contributed by atoms with Gasteiger partial charge in [-0.2, -0.15) is 0 Å². The summed E-state index contributed by atoms with van der Waals surface area (Å²) in [6, 6.07) is 5.73. The van der Waals surface area contributed by atoms with Gasteiger partial charge in [-0.25, -0.2) is 17.1 Å². The monoisotopic (exact) mass is 316 g/mol. The van der Waals surface area contributed by atoms with Crippen LogP contribution in [0.3, 0.4) is 0 Å².